The van der Waals surface area contributed by atoms with Gasteiger partial charge in [-0.15, -0.1) is 11.3 Å². The summed E-state index contributed by atoms with van der Waals surface area (Å²) in [6.45, 7) is 1.97. The summed E-state index contributed by atoms with van der Waals surface area (Å²) in [4.78, 5) is 27.5. The maximum Gasteiger partial charge on any atom is 0.345 e. The van der Waals surface area contributed by atoms with Crippen LogP contribution in [0.15, 0.2) is 51.7 Å². The molecule has 148 valence electrons. The molecule has 2 aromatic carbocycles. The van der Waals surface area contributed by atoms with Crippen LogP contribution in [0, 0.1) is 6.92 Å². The molecule has 0 bridgehead atoms. The third-order valence-electron chi connectivity index (χ3n) is 4.80. The maximum atomic E-state index is 13.2. The molecule has 0 fully saturated rings. The average molecular weight is 409 g/mol. The summed E-state index contributed by atoms with van der Waals surface area (Å²) in [5.74, 6) is 0.907. The van der Waals surface area contributed by atoms with Gasteiger partial charge in [-0.05, 0) is 37.3 Å². The van der Waals surface area contributed by atoms with Crippen molar-refractivity contribution in [2.24, 2.45) is 0 Å². The molecule has 4 rings (SSSR count). The number of rotatable bonds is 4. The molecule has 7 heteroatoms. The third kappa shape index (κ3) is 3.23. The number of ether oxygens (including phenoxy) is 2. The highest BCUT2D eigenvalue weighted by Gasteiger charge is 2.22. The van der Waals surface area contributed by atoms with Gasteiger partial charge < -0.3 is 18.8 Å². The number of methoxy groups -OCH3 is 2. The first-order valence-electron chi connectivity index (χ1n) is 8.90. The van der Waals surface area contributed by atoms with Crippen LogP contribution in [0.3, 0.4) is 0 Å². The van der Waals surface area contributed by atoms with Gasteiger partial charge in [-0.2, -0.15) is 0 Å². The molecule has 2 heterocycles. The Labute approximate surface area is 170 Å². The van der Waals surface area contributed by atoms with Gasteiger partial charge >= 0.3 is 5.63 Å². The van der Waals surface area contributed by atoms with Crippen LogP contribution >= 0.6 is 11.3 Å². The third-order valence-corrected chi connectivity index (χ3v) is 5.95. The molecule has 0 radical (unpaired) electrons. The van der Waals surface area contributed by atoms with Crippen molar-refractivity contribution >= 4 is 44.0 Å². The van der Waals surface area contributed by atoms with E-state index in [-0.39, 0.29) is 5.91 Å². The van der Waals surface area contributed by atoms with Crippen LogP contribution in [0.4, 0.5) is 5.69 Å². The first kappa shape index (κ1) is 19.0. The van der Waals surface area contributed by atoms with Crippen molar-refractivity contribution in [2.45, 2.75) is 6.92 Å². The summed E-state index contributed by atoms with van der Waals surface area (Å²) in [6, 6.07) is 12.5. The Kier molecular flexibility index (Phi) is 4.76. The summed E-state index contributed by atoms with van der Waals surface area (Å²) >= 11 is 1.29. The molecular formula is C22H19NO5S. The molecule has 0 unspecified atom stereocenters. The number of hydrogen-bond acceptors (Lipinski definition) is 6. The lowest BCUT2D eigenvalue weighted by Crippen LogP contribution is -2.25. The number of carbonyl (C=O) groups is 1. The van der Waals surface area contributed by atoms with Crippen molar-refractivity contribution in [3.05, 3.63) is 63.3 Å². The van der Waals surface area contributed by atoms with Crippen LogP contribution in [0.1, 0.15) is 15.2 Å². The SMILES string of the molecule is COc1ccc(N(C)C(=O)c2cc3c(=O)oc4ccc(C)cc4c3s2)c(OC)c1. The average Bonchev–Trinajstić information content (AvgIpc) is 3.19. The van der Waals surface area contributed by atoms with Gasteiger partial charge in [0.2, 0.25) is 0 Å². The van der Waals surface area contributed by atoms with E-state index in [2.05, 4.69) is 0 Å². The van der Waals surface area contributed by atoms with E-state index in [9.17, 15) is 9.59 Å². The number of benzene rings is 2. The zero-order valence-corrected chi connectivity index (χ0v) is 17.3. The molecule has 0 atom stereocenters. The monoisotopic (exact) mass is 409 g/mol. The zero-order valence-electron chi connectivity index (χ0n) is 16.4. The van der Waals surface area contributed by atoms with E-state index in [1.165, 1.54) is 23.3 Å². The van der Waals surface area contributed by atoms with E-state index in [1.807, 2.05) is 19.1 Å². The van der Waals surface area contributed by atoms with E-state index < -0.39 is 5.63 Å². The Morgan fingerprint density at radius 2 is 1.83 bits per heavy atom. The van der Waals surface area contributed by atoms with Crippen LogP contribution in [0.2, 0.25) is 0 Å². The minimum Gasteiger partial charge on any atom is -0.497 e. The van der Waals surface area contributed by atoms with Crippen molar-refractivity contribution in [2.75, 3.05) is 26.2 Å². The van der Waals surface area contributed by atoms with Crippen LogP contribution in [-0.4, -0.2) is 27.2 Å². The summed E-state index contributed by atoms with van der Waals surface area (Å²) < 4.78 is 16.8. The number of amides is 1. The van der Waals surface area contributed by atoms with Gasteiger partial charge in [0.1, 0.15) is 17.1 Å². The van der Waals surface area contributed by atoms with E-state index >= 15 is 0 Å². The standard InChI is InChI=1S/C22H19NO5S/c1-12-5-8-17-14(9-12)20-15(22(25)28-17)11-19(29-20)21(24)23(2)16-7-6-13(26-3)10-18(16)27-4/h5-11H,1-4H3. The summed E-state index contributed by atoms with van der Waals surface area (Å²) in [5, 5.41) is 1.24. The Bertz CT molecular complexity index is 1300. The van der Waals surface area contributed by atoms with Crippen LogP contribution in [-0.2, 0) is 0 Å². The fourth-order valence-corrected chi connectivity index (χ4v) is 4.39. The molecule has 0 saturated heterocycles. The highest BCUT2D eigenvalue weighted by atomic mass is 32.1. The number of anilines is 1. The molecule has 2 aromatic heterocycles. The second-order valence-corrected chi connectivity index (χ2v) is 7.70. The second kappa shape index (κ2) is 7.25. The summed E-state index contributed by atoms with van der Waals surface area (Å²) in [6.07, 6.45) is 0. The summed E-state index contributed by atoms with van der Waals surface area (Å²) in [7, 11) is 4.77. The van der Waals surface area contributed by atoms with Gasteiger partial charge in [-0.1, -0.05) is 11.6 Å². The highest BCUT2D eigenvalue weighted by Crippen LogP contribution is 2.35. The highest BCUT2D eigenvalue weighted by molar-refractivity contribution is 7.21. The van der Waals surface area contributed by atoms with Gasteiger partial charge in [0.05, 0.1) is 34.9 Å². The predicted octanol–water partition coefficient (Wildman–Crippen LogP) is 4.61. The van der Waals surface area contributed by atoms with Crippen molar-refractivity contribution in [3.63, 3.8) is 0 Å². The molecule has 4 aromatic rings. The van der Waals surface area contributed by atoms with Crippen LogP contribution < -0.4 is 20.0 Å². The molecule has 0 aliphatic carbocycles. The number of aryl methyl sites for hydroxylation is 1. The number of fused-ring (bicyclic) bond motifs is 3. The zero-order chi connectivity index (χ0) is 20.7. The fourth-order valence-electron chi connectivity index (χ4n) is 3.25. The van der Waals surface area contributed by atoms with Gasteiger partial charge in [0.25, 0.3) is 5.91 Å². The minimum absolute atomic E-state index is 0.241. The van der Waals surface area contributed by atoms with E-state index in [4.69, 9.17) is 13.9 Å². The van der Waals surface area contributed by atoms with E-state index in [0.717, 1.165) is 15.6 Å². The maximum absolute atomic E-state index is 13.2. The van der Waals surface area contributed by atoms with Gasteiger partial charge in [-0.25, -0.2) is 4.79 Å². The van der Waals surface area contributed by atoms with Crippen molar-refractivity contribution in [1.82, 2.24) is 0 Å². The predicted molar refractivity (Wildman–Crippen MR) is 115 cm³/mol. The number of nitrogens with zero attached hydrogens (tertiary/aromatic N) is 1. The largest absolute Gasteiger partial charge is 0.497 e. The number of carbonyl (C=O) groups excluding carboxylic acids is 1. The summed E-state index contributed by atoms with van der Waals surface area (Å²) in [5.41, 5.74) is 1.72. The fraction of sp³-hybridized carbons (Fsp3) is 0.182. The molecular weight excluding hydrogens is 390 g/mol. The van der Waals surface area contributed by atoms with Gasteiger partial charge in [0, 0.05) is 18.5 Å². The first-order valence-corrected chi connectivity index (χ1v) is 9.71. The van der Waals surface area contributed by atoms with E-state index in [0.29, 0.717) is 33.0 Å². The van der Waals surface area contributed by atoms with E-state index in [1.54, 1.807) is 44.5 Å². The normalized spacial score (nSPS) is 11.0. The lowest BCUT2D eigenvalue weighted by Gasteiger charge is -2.19. The Hall–Kier alpha value is -3.32. The Morgan fingerprint density at radius 3 is 2.55 bits per heavy atom. The van der Waals surface area contributed by atoms with Crippen molar-refractivity contribution in [1.29, 1.82) is 0 Å². The molecule has 29 heavy (non-hydrogen) atoms. The molecule has 0 aliphatic rings. The Morgan fingerprint density at radius 1 is 1.03 bits per heavy atom. The molecule has 1 amide bonds. The van der Waals surface area contributed by atoms with Crippen LogP contribution in [0.5, 0.6) is 11.5 Å². The first-order chi connectivity index (χ1) is 13.9. The molecule has 0 spiro atoms. The quantitative estimate of drug-likeness (QED) is 0.461. The topological polar surface area (TPSA) is 69.0 Å². The van der Waals surface area contributed by atoms with Gasteiger partial charge in [0.15, 0.2) is 0 Å². The number of hydrogen-bond donors (Lipinski definition) is 0. The van der Waals surface area contributed by atoms with Crippen molar-refractivity contribution < 1.29 is 18.7 Å². The minimum atomic E-state index is -0.448. The number of thiophene rings is 1. The smallest absolute Gasteiger partial charge is 0.345 e. The lowest BCUT2D eigenvalue weighted by atomic mass is 10.1. The molecule has 6 nitrogen and oxygen atoms in total. The van der Waals surface area contributed by atoms with Crippen LogP contribution in [0.25, 0.3) is 21.1 Å². The Balaban J connectivity index is 1.81. The molecule has 0 N–H and O–H groups in total. The van der Waals surface area contributed by atoms with Crippen molar-refractivity contribution in [3.8, 4) is 11.5 Å². The van der Waals surface area contributed by atoms with Gasteiger partial charge in [-0.3, -0.25) is 4.79 Å². The lowest BCUT2D eigenvalue weighted by molar-refractivity contribution is 0.0996. The molecule has 0 aliphatic heterocycles. The molecule has 0 saturated carbocycles. The second-order valence-electron chi connectivity index (χ2n) is 6.64.